The summed E-state index contributed by atoms with van der Waals surface area (Å²) in [6.45, 7) is 4.19. The molecule has 2 nitrogen and oxygen atoms in total. The Hall–Kier alpha value is -0.570. The minimum absolute atomic E-state index is 0.249. The van der Waals surface area contributed by atoms with Crippen LogP contribution in [0.25, 0.3) is 0 Å². The van der Waals surface area contributed by atoms with Crippen LogP contribution >= 0.6 is 11.6 Å². The Morgan fingerprint density at radius 3 is 2.93 bits per heavy atom. The van der Waals surface area contributed by atoms with Gasteiger partial charge in [-0.2, -0.15) is 0 Å². The summed E-state index contributed by atoms with van der Waals surface area (Å²) in [5, 5.41) is 12.7. The molecule has 1 aromatic carbocycles. The van der Waals surface area contributed by atoms with Crippen LogP contribution < -0.4 is 5.32 Å². The van der Waals surface area contributed by atoms with Gasteiger partial charge in [-0.15, -0.1) is 0 Å². The topological polar surface area (TPSA) is 32.3 Å². The highest BCUT2D eigenvalue weighted by atomic mass is 35.5. The minimum Gasteiger partial charge on any atom is -0.396 e. The van der Waals surface area contributed by atoms with E-state index in [-0.39, 0.29) is 6.61 Å². The largest absolute Gasteiger partial charge is 0.396 e. The van der Waals surface area contributed by atoms with E-state index in [2.05, 4.69) is 18.3 Å². The standard InChI is InChI=1S/C12H18ClNO/c1-10(9-14-6-3-7-15)11-4-2-5-12(13)8-11/h2,4-5,8,10,14-15H,3,6-7,9H2,1H3/t10-/m1/s1. The van der Waals surface area contributed by atoms with Crippen LogP contribution in [0.2, 0.25) is 5.02 Å². The minimum atomic E-state index is 0.249. The van der Waals surface area contributed by atoms with Crippen LogP contribution in [0.5, 0.6) is 0 Å². The van der Waals surface area contributed by atoms with Crippen molar-refractivity contribution in [3.05, 3.63) is 34.9 Å². The second-order valence-corrected chi connectivity index (χ2v) is 4.17. The van der Waals surface area contributed by atoms with Crippen LogP contribution in [-0.4, -0.2) is 24.8 Å². The number of aliphatic hydroxyl groups excluding tert-OH is 1. The Kier molecular flexibility index (Phi) is 5.69. The molecule has 0 saturated heterocycles. The summed E-state index contributed by atoms with van der Waals surface area (Å²) in [4.78, 5) is 0. The highest BCUT2D eigenvalue weighted by Crippen LogP contribution is 2.18. The monoisotopic (exact) mass is 227 g/mol. The van der Waals surface area contributed by atoms with Gasteiger partial charge in [0.15, 0.2) is 0 Å². The molecule has 0 radical (unpaired) electrons. The van der Waals surface area contributed by atoms with E-state index in [0.29, 0.717) is 5.92 Å². The number of aliphatic hydroxyl groups is 1. The normalized spacial score (nSPS) is 12.7. The first-order chi connectivity index (χ1) is 7.24. The van der Waals surface area contributed by atoms with Crippen molar-refractivity contribution in [1.29, 1.82) is 0 Å². The smallest absolute Gasteiger partial charge is 0.0443 e. The van der Waals surface area contributed by atoms with Crippen LogP contribution in [0, 0.1) is 0 Å². The average Bonchev–Trinajstić information content (AvgIpc) is 2.24. The molecule has 0 bridgehead atoms. The first-order valence-electron chi connectivity index (χ1n) is 5.31. The summed E-state index contributed by atoms with van der Waals surface area (Å²) in [6.07, 6.45) is 0.808. The molecule has 0 fully saturated rings. The van der Waals surface area contributed by atoms with Gasteiger partial charge in [0, 0.05) is 18.2 Å². The predicted molar refractivity (Wildman–Crippen MR) is 64.4 cm³/mol. The Bertz CT molecular complexity index is 291. The summed E-state index contributed by atoms with van der Waals surface area (Å²) in [5.74, 6) is 0.447. The van der Waals surface area contributed by atoms with Gasteiger partial charge < -0.3 is 10.4 Å². The molecular formula is C12H18ClNO. The molecule has 0 spiro atoms. The molecule has 3 heteroatoms. The average molecular weight is 228 g/mol. The highest BCUT2D eigenvalue weighted by molar-refractivity contribution is 6.30. The molecule has 0 aliphatic carbocycles. The fraction of sp³-hybridized carbons (Fsp3) is 0.500. The molecule has 0 aromatic heterocycles. The fourth-order valence-corrected chi connectivity index (χ4v) is 1.65. The summed E-state index contributed by atoms with van der Waals surface area (Å²) in [6, 6.07) is 7.95. The second kappa shape index (κ2) is 6.83. The summed E-state index contributed by atoms with van der Waals surface area (Å²) < 4.78 is 0. The molecule has 0 aliphatic rings. The van der Waals surface area contributed by atoms with Gasteiger partial charge in [-0.3, -0.25) is 0 Å². The second-order valence-electron chi connectivity index (χ2n) is 3.74. The SMILES string of the molecule is C[C@H](CNCCCO)c1cccc(Cl)c1. The van der Waals surface area contributed by atoms with Crippen LogP contribution in [-0.2, 0) is 0 Å². The van der Waals surface area contributed by atoms with E-state index in [1.54, 1.807) is 0 Å². The lowest BCUT2D eigenvalue weighted by Crippen LogP contribution is -2.21. The first-order valence-corrected chi connectivity index (χ1v) is 5.69. The maximum Gasteiger partial charge on any atom is 0.0443 e. The van der Waals surface area contributed by atoms with Crippen molar-refractivity contribution in [3.8, 4) is 0 Å². The van der Waals surface area contributed by atoms with Gasteiger partial charge in [-0.1, -0.05) is 30.7 Å². The zero-order valence-electron chi connectivity index (χ0n) is 9.04. The summed E-state index contributed by atoms with van der Waals surface area (Å²) in [5.41, 5.74) is 1.25. The lowest BCUT2D eigenvalue weighted by molar-refractivity contribution is 0.286. The number of benzene rings is 1. The molecule has 1 atom stereocenters. The summed E-state index contributed by atoms with van der Waals surface area (Å²) in [7, 11) is 0. The molecule has 0 amide bonds. The van der Waals surface area contributed by atoms with Gasteiger partial charge in [-0.25, -0.2) is 0 Å². The molecule has 0 unspecified atom stereocenters. The van der Waals surface area contributed by atoms with Crippen LogP contribution in [0.4, 0.5) is 0 Å². The van der Waals surface area contributed by atoms with Crippen molar-refractivity contribution < 1.29 is 5.11 Å². The van der Waals surface area contributed by atoms with Crippen LogP contribution in [0.15, 0.2) is 24.3 Å². The van der Waals surface area contributed by atoms with Gasteiger partial charge in [0.2, 0.25) is 0 Å². The maximum atomic E-state index is 8.63. The van der Waals surface area contributed by atoms with E-state index in [0.717, 1.165) is 24.5 Å². The Morgan fingerprint density at radius 1 is 1.47 bits per heavy atom. The molecule has 84 valence electrons. The zero-order chi connectivity index (χ0) is 11.1. The van der Waals surface area contributed by atoms with Gasteiger partial charge >= 0.3 is 0 Å². The molecule has 1 rings (SSSR count). The van der Waals surface area contributed by atoms with Crippen molar-refractivity contribution in [1.82, 2.24) is 5.32 Å². The third kappa shape index (κ3) is 4.65. The van der Waals surface area contributed by atoms with Crippen molar-refractivity contribution >= 4 is 11.6 Å². The van der Waals surface area contributed by atoms with E-state index in [9.17, 15) is 0 Å². The van der Waals surface area contributed by atoms with Gasteiger partial charge in [0.25, 0.3) is 0 Å². The number of nitrogens with one attached hydrogen (secondary N) is 1. The van der Waals surface area contributed by atoms with Crippen molar-refractivity contribution in [2.75, 3.05) is 19.7 Å². The molecular weight excluding hydrogens is 210 g/mol. The van der Waals surface area contributed by atoms with Crippen molar-refractivity contribution in [2.24, 2.45) is 0 Å². The molecule has 0 aliphatic heterocycles. The molecule has 0 saturated carbocycles. The van der Waals surface area contributed by atoms with Gasteiger partial charge in [0.1, 0.15) is 0 Å². The first kappa shape index (κ1) is 12.5. The molecule has 0 heterocycles. The van der Waals surface area contributed by atoms with Crippen molar-refractivity contribution in [3.63, 3.8) is 0 Å². The Morgan fingerprint density at radius 2 is 2.27 bits per heavy atom. The van der Waals surface area contributed by atoms with Crippen LogP contribution in [0.1, 0.15) is 24.8 Å². The van der Waals surface area contributed by atoms with Gasteiger partial charge in [0.05, 0.1) is 0 Å². The lowest BCUT2D eigenvalue weighted by Gasteiger charge is -2.13. The Balaban J connectivity index is 2.36. The number of halogens is 1. The van der Waals surface area contributed by atoms with Gasteiger partial charge in [-0.05, 0) is 36.6 Å². The fourth-order valence-electron chi connectivity index (χ4n) is 1.45. The number of hydrogen-bond donors (Lipinski definition) is 2. The third-order valence-corrected chi connectivity index (χ3v) is 2.61. The Labute approximate surface area is 96.3 Å². The predicted octanol–water partition coefficient (Wildman–Crippen LogP) is 2.42. The molecule has 15 heavy (non-hydrogen) atoms. The van der Waals surface area contributed by atoms with E-state index >= 15 is 0 Å². The van der Waals surface area contributed by atoms with E-state index in [4.69, 9.17) is 16.7 Å². The summed E-state index contributed by atoms with van der Waals surface area (Å²) >= 11 is 5.92. The maximum absolute atomic E-state index is 8.63. The quantitative estimate of drug-likeness (QED) is 0.732. The van der Waals surface area contributed by atoms with E-state index in [1.807, 2.05) is 18.2 Å². The molecule has 2 N–H and O–H groups in total. The number of rotatable bonds is 6. The van der Waals surface area contributed by atoms with E-state index in [1.165, 1.54) is 5.56 Å². The highest BCUT2D eigenvalue weighted by Gasteiger charge is 2.04. The van der Waals surface area contributed by atoms with Crippen LogP contribution in [0.3, 0.4) is 0 Å². The third-order valence-electron chi connectivity index (χ3n) is 2.38. The van der Waals surface area contributed by atoms with E-state index < -0.39 is 0 Å². The number of hydrogen-bond acceptors (Lipinski definition) is 2. The zero-order valence-corrected chi connectivity index (χ0v) is 9.80. The molecule has 1 aromatic rings. The lowest BCUT2D eigenvalue weighted by atomic mass is 10.0. The van der Waals surface area contributed by atoms with Crippen molar-refractivity contribution in [2.45, 2.75) is 19.3 Å².